The van der Waals surface area contributed by atoms with Crippen LogP contribution in [0.4, 0.5) is 0 Å². The molecule has 5 amide bonds. The highest BCUT2D eigenvalue weighted by Crippen LogP contribution is 1.95. The molecule has 0 aromatic rings. The zero-order valence-corrected chi connectivity index (χ0v) is 17.4. The monoisotopic (exact) mass is 421 g/mol. The molecule has 0 spiro atoms. The fourth-order valence-electron chi connectivity index (χ4n) is 1.89. The molecule has 12 heteroatoms. The zero-order valence-electron chi connectivity index (χ0n) is 15.7. The number of hydrogen-bond donors (Lipinski definition) is 7. The van der Waals surface area contributed by atoms with Gasteiger partial charge in [0.25, 0.3) is 0 Å². The molecule has 0 saturated heterocycles. The molecule has 0 saturated carbocycles. The summed E-state index contributed by atoms with van der Waals surface area (Å²) in [5, 5.41) is 12.1. The Bertz CT molecular complexity index is 575. The Kier molecular flexibility index (Phi) is 11.5. The van der Waals surface area contributed by atoms with Crippen molar-refractivity contribution in [3.63, 3.8) is 0 Å². The summed E-state index contributed by atoms with van der Waals surface area (Å²) in [5.74, 6) is -2.41. The van der Waals surface area contributed by atoms with Crippen molar-refractivity contribution >= 4 is 54.8 Å². The van der Waals surface area contributed by atoms with Crippen LogP contribution in [0.25, 0.3) is 0 Å². The molecule has 5 N–H and O–H groups in total. The van der Waals surface area contributed by atoms with Crippen LogP contribution in [0.1, 0.15) is 20.8 Å². The van der Waals surface area contributed by atoms with E-state index in [0.717, 1.165) is 0 Å². The van der Waals surface area contributed by atoms with Crippen LogP contribution in [0.15, 0.2) is 0 Å². The average molecular weight is 422 g/mol. The molecule has 0 aliphatic heterocycles. The van der Waals surface area contributed by atoms with Crippen LogP contribution in [-0.2, 0) is 24.0 Å². The minimum atomic E-state index is -0.955. The third-order valence-corrected chi connectivity index (χ3v) is 4.17. The highest BCUT2D eigenvalue weighted by atomic mass is 32.1. The minimum Gasteiger partial charge on any atom is -0.357 e. The minimum absolute atomic E-state index is 0.0587. The number of hydrogen-bond acceptors (Lipinski definition) is 7. The predicted molar refractivity (Wildman–Crippen MR) is 107 cm³/mol. The van der Waals surface area contributed by atoms with Crippen molar-refractivity contribution in [1.29, 1.82) is 0 Å². The predicted octanol–water partition coefficient (Wildman–Crippen LogP) is -2.41. The van der Waals surface area contributed by atoms with E-state index in [1.807, 2.05) is 0 Å². The molecule has 0 fully saturated rings. The van der Waals surface area contributed by atoms with Crippen LogP contribution in [0.2, 0.25) is 0 Å². The van der Waals surface area contributed by atoms with Gasteiger partial charge in [-0.15, -0.1) is 0 Å². The van der Waals surface area contributed by atoms with Crippen LogP contribution >= 0.6 is 25.3 Å². The van der Waals surface area contributed by atoms with E-state index in [1.54, 1.807) is 0 Å². The SMILES string of the molecule is CNC(=O)[C@H](CS)NC(=O)[C@@H](C)NC(=O)[C@H](C)NC(=O)[C@H](CS)NC(C)=O. The smallest absolute Gasteiger partial charge is 0.244 e. The Labute approximate surface area is 169 Å². The van der Waals surface area contributed by atoms with E-state index in [2.05, 4.69) is 51.8 Å². The van der Waals surface area contributed by atoms with Gasteiger partial charge in [-0.05, 0) is 13.8 Å². The van der Waals surface area contributed by atoms with Gasteiger partial charge in [-0.2, -0.15) is 25.3 Å². The maximum atomic E-state index is 12.2. The van der Waals surface area contributed by atoms with Crippen LogP contribution in [0.3, 0.4) is 0 Å². The van der Waals surface area contributed by atoms with Crippen molar-refractivity contribution in [1.82, 2.24) is 26.6 Å². The largest absolute Gasteiger partial charge is 0.357 e. The summed E-state index contributed by atoms with van der Waals surface area (Å²) in [6.07, 6.45) is 0. The topological polar surface area (TPSA) is 146 Å². The molecule has 0 aliphatic carbocycles. The number of likely N-dealkylation sites (N-methyl/N-ethyl adjacent to an activating group) is 1. The molecule has 0 heterocycles. The molecule has 0 aliphatic rings. The molecule has 27 heavy (non-hydrogen) atoms. The molecule has 154 valence electrons. The summed E-state index contributed by atoms with van der Waals surface area (Å²) in [6.45, 7) is 4.13. The average Bonchev–Trinajstić information content (AvgIpc) is 2.62. The highest BCUT2D eigenvalue weighted by molar-refractivity contribution is 7.80. The Balaban J connectivity index is 4.68. The molecule has 0 aromatic heterocycles. The number of thiol groups is 2. The summed E-state index contributed by atoms with van der Waals surface area (Å²) >= 11 is 7.98. The van der Waals surface area contributed by atoms with Crippen molar-refractivity contribution in [2.45, 2.75) is 44.9 Å². The normalized spacial score (nSPS) is 14.7. The van der Waals surface area contributed by atoms with E-state index in [9.17, 15) is 24.0 Å². The van der Waals surface area contributed by atoms with Crippen molar-refractivity contribution in [3.05, 3.63) is 0 Å². The highest BCUT2D eigenvalue weighted by Gasteiger charge is 2.26. The Morgan fingerprint density at radius 2 is 1.11 bits per heavy atom. The van der Waals surface area contributed by atoms with Crippen LogP contribution in [0.5, 0.6) is 0 Å². The Morgan fingerprint density at radius 1 is 0.704 bits per heavy atom. The van der Waals surface area contributed by atoms with E-state index in [4.69, 9.17) is 0 Å². The van der Waals surface area contributed by atoms with Crippen molar-refractivity contribution in [2.24, 2.45) is 0 Å². The molecule has 0 bridgehead atoms. The maximum Gasteiger partial charge on any atom is 0.244 e. The molecule has 4 atom stereocenters. The van der Waals surface area contributed by atoms with Gasteiger partial charge in [0, 0.05) is 25.5 Å². The molecule has 0 unspecified atom stereocenters. The van der Waals surface area contributed by atoms with Gasteiger partial charge in [-0.3, -0.25) is 24.0 Å². The maximum absolute atomic E-state index is 12.2. The Morgan fingerprint density at radius 3 is 1.52 bits per heavy atom. The van der Waals surface area contributed by atoms with E-state index < -0.39 is 53.7 Å². The van der Waals surface area contributed by atoms with Gasteiger partial charge in [0.05, 0.1) is 0 Å². The molecule has 0 aromatic carbocycles. The van der Waals surface area contributed by atoms with Crippen molar-refractivity contribution in [3.8, 4) is 0 Å². The van der Waals surface area contributed by atoms with Crippen LogP contribution < -0.4 is 26.6 Å². The molecule has 0 radical (unpaired) electrons. The van der Waals surface area contributed by atoms with E-state index in [-0.39, 0.29) is 11.5 Å². The lowest BCUT2D eigenvalue weighted by Crippen LogP contribution is -2.57. The van der Waals surface area contributed by atoms with Crippen LogP contribution in [0, 0.1) is 0 Å². The first-order chi connectivity index (χ1) is 12.6. The van der Waals surface area contributed by atoms with E-state index in [0.29, 0.717) is 0 Å². The lowest BCUT2D eigenvalue weighted by molar-refractivity contribution is -0.133. The number of rotatable bonds is 10. The fraction of sp³-hybridized carbons (Fsp3) is 0.667. The standard InChI is InChI=1S/C15H27N5O5S2/c1-7(18-15(25)11(6-27)19-9(3)21)12(22)17-8(2)13(23)20-10(5-26)14(24)16-4/h7-8,10-11,26-27H,5-6H2,1-4H3,(H,16,24)(H,17,22)(H,18,25)(H,19,21)(H,20,23)/t7-,8+,10-,11-/m0/s1. The first-order valence-corrected chi connectivity index (χ1v) is 9.45. The number of carbonyl (C=O) groups excluding carboxylic acids is 5. The third-order valence-electron chi connectivity index (χ3n) is 3.44. The second-order valence-corrected chi connectivity index (χ2v) is 6.48. The molecular weight excluding hydrogens is 394 g/mol. The van der Waals surface area contributed by atoms with Gasteiger partial charge < -0.3 is 26.6 Å². The fourth-order valence-corrected chi connectivity index (χ4v) is 2.40. The summed E-state index contributed by atoms with van der Waals surface area (Å²) in [5.41, 5.74) is 0. The number of nitrogens with one attached hydrogen (secondary N) is 5. The van der Waals surface area contributed by atoms with E-state index >= 15 is 0 Å². The lowest BCUT2D eigenvalue weighted by Gasteiger charge is -2.22. The summed E-state index contributed by atoms with van der Waals surface area (Å²) in [6, 6.07) is -3.62. The number of carbonyl (C=O) groups is 5. The molecule has 10 nitrogen and oxygen atoms in total. The number of amides is 5. The van der Waals surface area contributed by atoms with Gasteiger partial charge in [0.2, 0.25) is 29.5 Å². The van der Waals surface area contributed by atoms with Gasteiger partial charge in [-0.1, -0.05) is 0 Å². The summed E-state index contributed by atoms with van der Waals surface area (Å²) in [4.78, 5) is 59.0. The van der Waals surface area contributed by atoms with Gasteiger partial charge in [0.15, 0.2) is 0 Å². The second kappa shape index (κ2) is 12.4. The second-order valence-electron chi connectivity index (χ2n) is 5.75. The van der Waals surface area contributed by atoms with E-state index in [1.165, 1.54) is 27.8 Å². The third kappa shape index (κ3) is 9.00. The van der Waals surface area contributed by atoms with Gasteiger partial charge in [0.1, 0.15) is 24.2 Å². The zero-order chi connectivity index (χ0) is 21.1. The summed E-state index contributed by atoms with van der Waals surface area (Å²) in [7, 11) is 1.43. The van der Waals surface area contributed by atoms with Gasteiger partial charge in [-0.25, -0.2) is 0 Å². The van der Waals surface area contributed by atoms with Crippen molar-refractivity contribution < 1.29 is 24.0 Å². The first kappa shape index (κ1) is 25.1. The molecule has 0 rings (SSSR count). The van der Waals surface area contributed by atoms with Crippen molar-refractivity contribution in [2.75, 3.05) is 18.6 Å². The van der Waals surface area contributed by atoms with Crippen LogP contribution in [-0.4, -0.2) is 72.3 Å². The summed E-state index contributed by atoms with van der Waals surface area (Å²) < 4.78 is 0. The quantitative estimate of drug-likeness (QED) is 0.197. The lowest BCUT2D eigenvalue weighted by atomic mass is 10.2. The first-order valence-electron chi connectivity index (χ1n) is 8.18. The van der Waals surface area contributed by atoms with Gasteiger partial charge >= 0.3 is 0 Å². The Hall–Kier alpha value is -1.95. The molecular formula is C15H27N5O5S2.